The molecule has 0 fully saturated rings. The van der Waals surface area contributed by atoms with Gasteiger partial charge in [0.1, 0.15) is 0 Å². The first-order chi connectivity index (χ1) is 16.5. The molecule has 0 aromatic heterocycles. The van der Waals surface area contributed by atoms with Crippen molar-refractivity contribution >= 4 is 30.4 Å². The van der Waals surface area contributed by atoms with Crippen molar-refractivity contribution in [2.24, 2.45) is 0 Å². The highest BCUT2D eigenvalue weighted by Crippen LogP contribution is 2.31. The van der Waals surface area contributed by atoms with Crippen LogP contribution >= 0.6 is 0 Å². The summed E-state index contributed by atoms with van der Waals surface area (Å²) in [4.78, 5) is 41.7. The zero-order valence-corrected chi connectivity index (χ0v) is 17.8. The zero-order valence-electron chi connectivity index (χ0n) is 17.8. The van der Waals surface area contributed by atoms with Crippen LogP contribution in [0.2, 0.25) is 0 Å². The van der Waals surface area contributed by atoms with Gasteiger partial charge in [-0.2, -0.15) is 0 Å². The number of nitrogens with one attached hydrogen (secondary N) is 5. The first kappa shape index (κ1) is 33.2. The summed E-state index contributed by atoms with van der Waals surface area (Å²) in [7, 11) is 0. The SMILES string of the molecule is N=C=O.N=C=O.N=C=O.N=C=O.N=C=O.c1ccc(C(c2ccccc2)c2ccccc2)cc1. The van der Waals surface area contributed by atoms with E-state index < -0.39 is 0 Å². The quantitative estimate of drug-likeness (QED) is 0.219. The standard InChI is InChI=1S/C19H16.5CHNO/c1-4-10-16(11-5-1)19(17-12-6-2-7-13-17)18-14-8-3-9-15-18;5*2-1-3/h1-15,19H;5*2H. The predicted molar refractivity (Wildman–Crippen MR) is 122 cm³/mol. The second-order valence-electron chi connectivity index (χ2n) is 5.18. The summed E-state index contributed by atoms with van der Waals surface area (Å²) in [5, 5.41) is 27.0. The minimum Gasteiger partial charge on any atom is -0.222 e. The average molecular weight is 459 g/mol. The zero-order chi connectivity index (χ0) is 26.5. The molecule has 0 amide bonds. The summed E-state index contributed by atoms with van der Waals surface area (Å²) in [6.45, 7) is 0. The fourth-order valence-corrected chi connectivity index (χ4v) is 2.51. The summed E-state index contributed by atoms with van der Waals surface area (Å²) in [5.74, 6) is 0.309. The Morgan fingerprint density at radius 3 is 0.676 bits per heavy atom. The normalized spacial score (nSPS) is 7.09. The smallest absolute Gasteiger partial charge is 0.222 e. The van der Waals surface area contributed by atoms with Crippen molar-refractivity contribution in [3.63, 3.8) is 0 Å². The van der Waals surface area contributed by atoms with Crippen molar-refractivity contribution in [3.05, 3.63) is 108 Å². The molecule has 0 saturated heterocycles. The van der Waals surface area contributed by atoms with E-state index in [2.05, 4.69) is 91.0 Å². The van der Waals surface area contributed by atoms with Crippen molar-refractivity contribution in [2.75, 3.05) is 0 Å². The molecule has 3 aromatic rings. The second kappa shape index (κ2) is 27.6. The maximum atomic E-state index is 8.35. The van der Waals surface area contributed by atoms with Gasteiger partial charge in [-0.3, -0.25) is 0 Å². The van der Waals surface area contributed by atoms with Gasteiger partial charge in [-0.1, -0.05) is 91.0 Å². The van der Waals surface area contributed by atoms with Crippen LogP contribution in [0.5, 0.6) is 0 Å². The van der Waals surface area contributed by atoms with Crippen LogP contribution in [0, 0.1) is 27.0 Å². The van der Waals surface area contributed by atoms with E-state index in [9.17, 15) is 0 Å². The lowest BCUT2D eigenvalue weighted by Crippen LogP contribution is -2.02. The van der Waals surface area contributed by atoms with Gasteiger partial charge in [0.2, 0.25) is 30.4 Å². The minimum absolute atomic E-state index is 0.309. The lowest BCUT2D eigenvalue weighted by molar-refractivity contribution is 0.562. The Labute approximate surface area is 195 Å². The molecule has 10 nitrogen and oxygen atoms in total. The Morgan fingerprint density at radius 2 is 0.529 bits per heavy atom. The van der Waals surface area contributed by atoms with Crippen LogP contribution in [0.4, 0.5) is 0 Å². The van der Waals surface area contributed by atoms with E-state index in [4.69, 9.17) is 51.0 Å². The van der Waals surface area contributed by atoms with Crippen LogP contribution in [0.3, 0.4) is 0 Å². The van der Waals surface area contributed by atoms with Gasteiger partial charge in [0.15, 0.2) is 0 Å². The molecule has 10 heteroatoms. The Balaban J connectivity index is -0.000000534. The molecular weight excluding hydrogens is 438 g/mol. The summed E-state index contributed by atoms with van der Waals surface area (Å²) >= 11 is 0. The number of rotatable bonds is 3. The molecule has 0 spiro atoms. The molecule has 0 saturated carbocycles. The van der Waals surface area contributed by atoms with E-state index in [1.807, 2.05) is 0 Å². The number of hydrogen-bond donors (Lipinski definition) is 5. The van der Waals surface area contributed by atoms with E-state index in [1.54, 1.807) is 0 Å². The van der Waals surface area contributed by atoms with E-state index in [1.165, 1.54) is 16.7 Å². The van der Waals surface area contributed by atoms with Gasteiger partial charge in [-0.05, 0) is 16.7 Å². The van der Waals surface area contributed by atoms with Crippen molar-refractivity contribution < 1.29 is 24.0 Å². The molecule has 0 radical (unpaired) electrons. The van der Waals surface area contributed by atoms with Crippen LogP contribution in [0.15, 0.2) is 91.0 Å². The molecule has 5 N–H and O–H groups in total. The highest BCUT2D eigenvalue weighted by Gasteiger charge is 2.15. The van der Waals surface area contributed by atoms with E-state index in [-0.39, 0.29) is 0 Å². The van der Waals surface area contributed by atoms with Gasteiger partial charge < -0.3 is 0 Å². The predicted octanol–water partition coefficient (Wildman–Crippen LogP) is 4.37. The van der Waals surface area contributed by atoms with Crippen molar-refractivity contribution in [3.8, 4) is 0 Å². The summed E-state index contributed by atoms with van der Waals surface area (Å²) < 4.78 is 0. The van der Waals surface area contributed by atoms with Gasteiger partial charge in [0, 0.05) is 5.92 Å². The van der Waals surface area contributed by atoms with Crippen LogP contribution < -0.4 is 0 Å². The molecule has 0 heterocycles. The lowest BCUT2D eigenvalue weighted by Gasteiger charge is -2.18. The number of hydrogen-bond acceptors (Lipinski definition) is 10. The largest absolute Gasteiger partial charge is 0.231 e. The molecule has 34 heavy (non-hydrogen) atoms. The van der Waals surface area contributed by atoms with Gasteiger partial charge in [-0.25, -0.2) is 51.0 Å². The number of carbonyl (C=O) groups excluding carboxylic acids is 5. The summed E-state index contributed by atoms with van der Waals surface area (Å²) in [6.07, 6.45) is 3.75. The lowest BCUT2D eigenvalue weighted by atomic mass is 9.85. The molecule has 0 atom stereocenters. The van der Waals surface area contributed by atoms with Crippen molar-refractivity contribution in [1.82, 2.24) is 0 Å². The van der Waals surface area contributed by atoms with Crippen LogP contribution in [0.1, 0.15) is 22.6 Å². The topological polar surface area (TPSA) is 205 Å². The molecule has 0 aliphatic heterocycles. The Kier molecular flexibility index (Phi) is 26.9. The third-order valence-corrected chi connectivity index (χ3v) is 3.40. The molecular formula is C24H21N5O5. The van der Waals surface area contributed by atoms with Gasteiger partial charge in [0.25, 0.3) is 0 Å². The fraction of sp³-hybridized carbons (Fsp3) is 0.0417. The Morgan fingerprint density at radius 1 is 0.382 bits per heavy atom. The van der Waals surface area contributed by atoms with Crippen LogP contribution in [-0.2, 0) is 24.0 Å². The number of isocyanates is 5. The molecule has 3 rings (SSSR count). The minimum atomic E-state index is 0.309. The van der Waals surface area contributed by atoms with E-state index >= 15 is 0 Å². The van der Waals surface area contributed by atoms with Gasteiger partial charge >= 0.3 is 0 Å². The Hall–Kier alpha value is -5.44. The van der Waals surface area contributed by atoms with Crippen molar-refractivity contribution in [1.29, 1.82) is 27.0 Å². The molecule has 3 aromatic carbocycles. The third kappa shape index (κ3) is 18.6. The second-order valence-corrected chi connectivity index (χ2v) is 5.18. The third-order valence-electron chi connectivity index (χ3n) is 3.40. The average Bonchev–Trinajstić information content (AvgIpc) is 2.84. The number of benzene rings is 3. The first-order valence-corrected chi connectivity index (χ1v) is 8.87. The summed E-state index contributed by atoms with van der Waals surface area (Å²) in [6, 6.07) is 32.0. The maximum absolute atomic E-state index is 8.35. The Bertz CT molecular complexity index is 897. The van der Waals surface area contributed by atoms with E-state index in [0.717, 1.165) is 30.4 Å². The fourth-order valence-electron chi connectivity index (χ4n) is 2.51. The molecule has 0 bridgehead atoms. The van der Waals surface area contributed by atoms with Gasteiger partial charge in [0.05, 0.1) is 0 Å². The first-order valence-electron chi connectivity index (χ1n) is 8.87. The van der Waals surface area contributed by atoms with Crippen molar-refractivity contribution in [2.45, 2.75) is 5.92 Å². The molecule has 0 unspecified atom stereocenters. The molecule has 172 valence electrons. The van der Waals surface area contributed by atoms with Crippen LogP contribution in [-0.4, -0.2) is 30.4 Å². The van der Waals surface area contributed by atoms with Crippen LogP contribution in [0.25, 0.3) is 0 Å². The monoisotopic (exact) mass is 459 g/mol. The molecule has 0 aliphatic rings. The van der Waals surface area contributed by atoms with E-state index in [0.29, 0.717) is 5.92 Å². The highest BCUT2D eigenvalue weighted by molar-refractivity contribution is 5.42. The van der Waals surface area contributed by atoms with Gasteiger partial charge in [-0.15, -0.1) is 0 Å². The molecule has 0 aliphatic carbocycles. The highest BCUT2D eigenvalue weighted by atomic mass is 16.1. The summed E-state index contributed by atoms with van der Waals surface area (Å²) in [5.41, 5.74) is 4.00. The maximum Gasteiger partial charge on any atom is 0.231 e.